The average molecular weight is 393 g/mol. The monoisotopic (exact) mass is 392 g/mol. The molecule has 5 unspecified atom stereocenters. The summed E-state index contributed by atoms with van der Waals surface area (Å²) >= 11 is 11.8. The van der Waals surface area contributed by atoms with Gasteiger partial charge in [0.15, 0.2) is 0 Å². The molecule has 0 spiro atoms. The van der Waals surface area contributed by atoms with Gasteiger partial charge in [0, 0.05) is 21.0 Å². The van der Waals surface area contributed by atoms with E-state index in [0.29, 0.717) is 21.0 Å². The number of unbranched alkanes of at least 4 members (excludes halogenated alkanes) is 4. The fourth-order valence-corrected chi connectivity index (χ4v) is 5.35. The molecule has 0 N–H and O–H groups in total. The lowest BCUT2D eigenvalue weighted by Gasteiger charge is -2.26. The van der Waals surface area contributed by atoms with Crippen molar-refractivity contribution in [2.75, 3.05) is 0 Å². The van der Waals surface area contributed by atoms with Crippen LogP contribution >= 0.6 is 37.0 Å². The highest BCUT2D eigenvalue weighted by Gasteiger charge is 2.20. The fraction of sp³-hybridized carbons (Fsp3) is 1.00. The zero-order chi connectivity index (χ0) is 18.4. The Bertz CT molecular complexity index is 270. The molecule has 0 amide bonds. The Kier molecular flexibility index (Phi) is 17.0. The van der Waals surface area contributed by atoms with Crippen molar-refractivity contribution < 1.29 is 0 Å². The maximum absolute atomic E-state index is 4.89. The van der Waals surface area contributed by atoms with Crippen LogP contribution < -0.4 is 0 Å². The molecule has 0 aliphatic rings. The van der Waals surface area contributed by atoms with Crippen LogP contribution in [0.4, 0.5) is 0 Å². The highest BCUT2D eigenvalue weighted by Crippen LogP contribution is 2.31. The third-order valence-electron chi connectivity index (χ3n) is 5.09. The van der Waals surface area contributed by atoms with Gasteiger partial charge in [0.25, 0.3) is 0 Å². The summed E-state index contributed by atoms with van der Waals surface area (Å²) in [5, 5.41) is 2.31. The first kappa shape index (κ1) is 25.1. The Morgan fingerprint density at radius 2 is 1.12 bits per heavy atom. The van der Waals surface area contributed by atoms with E-state index in [9.17, 15) is 0 Å². The van der Waals surface area contributed by atoms with E-state index in [1.165, 1.54) is 70.6 Å². The van der Waals surface area contributed by atoms with Gasteiger partial charge >= 0.3 is 0 Å². The molecule has 0 saturated heterocycles. The second-order valence-electron chi connectivity index (χ2n) is 7.71. The molecular weight excluding hydrogens is 348 g/mol. The van der Waals surface area contributed by atoms with Gasteiger partial charge in [0.05, 0.1) is 0 Å². The van der Waals surface area contributed by atoms with Crippen LogP contribution in [0.2, 0.25) is 0 Å². The molecule has 0 bridgehead atoms. The lowest BCUT2D eigenvalue weighted by atomic mass is 9.98. The first-order valence-electron chi connectivity index (χ1n) is 10.4. The molecule has 0 saturated carbocycles. The van der Waals surface area contributed by atoms with Crippen LogP contribution in [0.1, 0.15) is 105 Å². The van der Waals surface area contributed by atoms with Crippen molar-refractivity contribution in [1.29, 1.82) is 0 Å². The van der Waals surface area contributed by atoms with Crippen molar-refractivity contribution in [2.45, 2.75) is 126 Å². The Morgan fingerprint density at radius 1 is 0.625 bits per heavy atom. The summed E-state index contributed by atoms with van der Waals surface area (Å²) in [6.45, 7) is 11.7. The molecule has 3 heteroatoms. The van der Waals surface area contributed by atoms with Crippen molar-refractivity contribution in [3.63, 3.8) is 0 Å². The van der Waals surface area contributed by atoms with Gasteiger partial charge in [-0.15, -0.1) is 0 Å². The van der Waals surface area contributed by atoms with Gasteiger partial charge in [-0.1, -0.05) is 92.4 Å². The topological polar surface area (TPSA) is 0 Å². The molecule has 0 aromatic carbocycles. The standard InChI is InChI=1S/C21H44S3/c1-6-8-9-10-15-20(22)18(4)24-19(5)21(23)16-12-11-14-17(3)13-7-2/h17-23H,6-16H2,1-5H3. The Morgan fingerprint density at radius 3 is 1.62 bits per heavy atom. The second kappa shape index (κ2) is 16.2. The number of thioether (sulfide) groups is 1. The molecule has 0 aliphatic heterocycles. The summed E-state index contributed by atoms with van der Waals surface area (Å²) in [7, 11) is 0. The van der Waals surface area contributed by atoms with E-state index >= 15 is 0 Å². The van der Waals surface area contributed by atoms with Crippen molar-refractivity contribution in [3.8, 4) is 0 Å². The van der Waals surface area contributed by atoms with Crippen LogP contribution in [0, 0.1) is 5.92 Å². The highest BCUT2D eigenvalue weighted by atomic mass is 32.2. The molecule has 0 aromatic heterocycles. The van der Waals surface area contributed by atoms with Crippen LogP contribution in [0.25, 0.3) is 0 Å². The largest absolute Gasteiger partial charge is 0.175 e. The van der Waals surface area contributed by atoms with E-state index in [1.54, 1.807) is 0 Å². The number of hydrogen-bond acceptors (Lipinski definition) is 3. The highest BCUT2D eigenvalue weighted by molar-refractivity contribution is 8.02. The van der Waals surface area contributed by atoms with Gasteiger partial charge in [0.2, 0.25) is 0 Å². The first-order chi connectivity index (χ1) is 11.4. The predicted molar refractivity (Wildman–Crippen MR) is 123 cm³/mol. The number of rotatable bonds is 16. The van der Waals surface area contributed by atoms with E-state index in [4.69, 9.17) is 25.3 Å². The maximum Gasteiger partial charge on any atom is 0.0138 e. The van der Waals surface area contributed by atoms with Gasteiger partial charge in [-0.05, 0) is 18.8 Å². The Hall–Kier alpha value is 1.05. The van der Waals surface area contributed by atoms with Crippen LogP contribution in [0.3, 0.4) is 0 Å². The zero-order valence-corrected chi connectivity index (χ0v) is 19.6. The zero-order valence-electron chi connectivity index (χ0n) is 17.0. The summed E-state index contributed by atoms with van der Waals surface area (Å²) in [6.07, 6.45) is 14.7. The Labute approximate surface area is 168 Å². The summed E-state index contributed by atoms with van der Waals surface area (Å²) in [5.74, 6) is 0.901. The lowest BCUT2D eigenvalue weighted by Crippen LogP contribution is -2.22. The number of thiol groups is 2. The van der Waals surface area contributed by atoms with E-state index in [0.717, 1.165) is 5.92 Å². The van der Waals surface area contributed by atoms with Crippen molar-refractivity contribution in [2.24, 2.45) is 5.92 Å². The molecule has 0 aromatic rings. The van der Waals surface area contributed by atoms with Gasteiger partial charge in [-0.25, -0.2) is 0 Å². The number of hydrogen-bond donors (Lipinski definition) is 2. The van der Waals surface area contributed by atoms with E-state index in [2.05, 4.69) is 46.4 Å². The molecule has 0 radical (unpaired) electrons. The SMILES string of the molecule is CCCCCCC(S)C(C)SC(C)C(S)CCCCC(C)CCC. The third-order valence-corrected chi connectivity index (χ3v) is 8.42. The average Bonchev–Trinajstić information content (AvgIpc) is 2.55. The summed E-state index contributed by atoms with van der Waals surface area (Å²) in [6, 6.07) is 0. The van der Waals surface area contributed by atoms with Crippen molar-refractivity contribution in [1.82, 2.24) is 0 Å². The summed E-state index contributed by atoms with van der Waals surface area (Å²) in [4.78, 5) is 0. The molecule has 0 nitrogen and oxygen atoms in total. The third kappa shape index (κ3) is 13.3. The molecule has 0 heterocycles. The molecule has 0 fully saturated rings. The normalized spacial score (nSPS) is 18.1. The van der Waals surface area contributed by atoms with E-state index < -0.39 is 0 Å². The molecular formula is C21H44S3. The van der Waals surface area contributed by atoms with Crippen LogP contribution in [-0.4, -0.2) is 21.0 Å². The molecule has 0 aliphatic carbocycles. The minimum atomic E-state index is 0.527. The quantitative estimate of drug-likeness (QED) is 0.198. The maximum atomic E-state index is 4.89. The van der Waals surface area contributed by atoms with Crippen LogP contribution in [-0.2, 0) is 0 Å². The van der Waals surface area contributed by atoms with Gasteiger partial charge < -0.3 is 0 Å². The predicted octanol–water partition coefficient (Wildman–Crippen LogP) is 8.06. The molecule has 24 heavy (non-hydrogen) atoms. The summed E-state index contributed by atoms with van der Waals surface area (Å²) < 4.78 is 0. The fourth-order valence-electron chi connectivity index (χ4n) is 3.25. The van der Waals surface area contributed by atoms with Crippen LogP contribution in [0.15, 0.2) is 0 Å². The summed E-state index contributed by atoms with van der Waals surface area (Å²) in [5.41, 5.74) is 0. The van der Waals surface area contributed by atoms with Crippen molar-refractivity contribution in [3.05, 3.63) is 0 Å². The minimum absolute atomic E-state index is 0.527. The Balaban J connectivity index is 3.84. The first-order valence-corrected chi connectivity index (χ1v) is 12.4. The smallest absolute Gasteiger partial charge is 0.0138 e. The lowest BCUT2D eigenvalue weighted by molar-refractivity contribution is 0.455. The molecule has 5 atom stereocenters. The van der Waals surface area contributed by atoms with Gasteiger partial charge in [-0.2, -0.15) is 37.0 Å². The molecule has 146 valence electrons. The minimum Gasteiger partial charge on any atom is -0.175 e. The van der Waals surface area contributed by atoms with Gasteiger partial charge in [0.1, 0.15) is 0 Å². The van der Waals surface area contributed by atoms with Gasteiger partial charge in [-0.3, -0.25) is 0 Å². The van der Waals surface area contributed by atoms with Crippen LogP contribution in [0.5, 0.6) is 0 Å². The van der Waals surface area contributed by atoms with E-state index in [-0.39, 0.29) is 0 Å². The molecule has 0 rings (SSSR count). The van der Waals surface area contributed by atoms with Crippen molar-refractivity contribution >= 4 is 37.0 Å². The second-order valence-corrected chi connectivity index (χ2v) is 10.8. The van der Waals surface area contributed by atoms with E-state index in [1.807, 2.05) is 0 Å².